The number of benzene rings is 1. The van der Waals surface area contributed by atoms with Crippen molar-refractivity contribution in [2.45, 2.75) is 37.6 Å². The zero-order valence-electron chi connectivity index (χ0n) is 16.7. The largest absolute Gasteiger partial charge is 0.381 e. The molecule has 3 aliphatic rings. The van der Waals surface area contributed by atoms with Crippen LogP contribution < -0.4 is 0 Å². The molecule has 29 heavy (non-hydrogen) atoms. The number of fused-ring (bicyclic) bond motifs is 2. The summed E-state index contributed by atoms with van der Waals surface area (Å²) in [6.45, 7) is 5.69. The lowest BCUT2D eigenvalue weighted by atomic mass is 9.96. The quantitative estimate of drug-likeness (QED) is 0.798. The number of aromatic nitrogens is 1. The predicted molar refractivity (Wildman–Crippen MR) is 110 cm³/mol. The normalized spacial score (nSPS) is 24.8. The monoisotopic (exact) mass is 392 g/mol. The lowest BCUT2D eigenvalue weighted by Crippen LogP contribution is -2.61. The summed E-state index contributed by atoms with van der Waals surface area (Å²) in [4.78, 5) is 24.8. The molecule has 3 fully saturated rings. The molecule has 2 aromatic rings. The molecule has 0 radical (unpaired) electrons. The maximum absolute atomic E-state index is 13.6. The van der Waals surface area contributed by atoms with Crippen LogP contribution in [-0.2, 0) is 22.6 Å². The third-order valence-corrected chi connectivity index (χ3v) is 6.69. The fraction of sp³-hybridized carbons (Fsp3) is 0.478. The van der Waals surface area contributed by atoms with Gasteiger partial charge in [0.2, 0.25) is 5.91 Å². The van der Waals surface area contributed by atoms with E-state index in [9.17, 15) is 4.79 Å². The van der Waals surface area contributed by atoms with Gasteiger partial charge in [-0.1, -0.05) is 30.3 Å². The second kappa shape index (κ2) is 7.86. The Labute approximate surface area is 172 Å². The Kier molecular flexibility index (Phi) is 5.08. The van der Waals surface area contributed by atoms with Crippen molar-refractivity contribution in [3.63, 3.8) is 0 Å². The first kappa shape index (κ1) is 18.7. The SMILES string of the molecule is O=C1[C@H]2CN(Cc3ccncc3)CCN2C2(CCOCC2)N1Cc1ccccc1. The molecule has 5 rings (SSSR count). The topological polar surface area (TPSA) is 48.9 Å². The summed E-state index contributed by atoms with van der Waals surface area (Å²) in [5.41, 5.74) is 2.25. The highest BCUT2D eigenvalue weighted by molar-refractivity contribution is 5.85. The molecule has 0 aliphatic carbocycles. The van der Waals surface area contributed by atoms with Crippen LogP contribution >= 0.6 is 0 Å². The Morgan fingerprint density at radius 3 is 2.45 bits per heavy atom. The summed E-state index contributed by atoms with van der Waals surface area (Å²) in [6.07, 6.45) is 5.47. The van der Waals surface area contributed by atoms with Gasteiger partial charge in [-0.2, -0.15) is 0 Å². The lowest BCUT2D eigenvalue weighted by Gasteiger charge is -2.49. The summed E-state index contributed by atoms with van der Waals surface area (Å²) in [5, 5.41) is 0. The van der Waals surface area contributed by atoms with E-state index in [4.69, 9.17) is 4.74 Å². The predicted octanol–water partition coefficient (Wildman–Crippen LogP) is 2.12. The molecule has 6 heteroatoms. The van der Waals surface area contributed by atoms with E-state index in [-0.39, 0.29) is 17.6 Å². The molecule has 4 heterocycles. The number of amides is 1. The average molecular weight is 393 g/mol. The zero-order valence-corrected chi connectivity index (χ0v) is 16.7. The molecule has 1 amide bonds. The maximum atomic E-state index is 13.6. The highest BCUT2D eigenvalue weighted by atomic mass is 16.5. The van der Waals surface area contributed by atoms with Crippen molar-refractivity contribution < 1.29 is 9.53 Å². The molecule has 1 spiro atoms. The Morgan fingerprint density at radius 2 is 1.69 bits per heavy atom. The van der Waals surface area contributed by atoms with Gasteiger partial charge in [0.05, 0.1) is 13.2 Å². The van der Waals surface area contributed by atoms with E-state index < -0.39 is 0 Å². The van der Waals surface area contributed by atoms with Crippen molar-refractivity contribution in [2.75, 3.05) is 32.8 Å². The first-order chi connectivity index (χ1) is 14.3. The summed E-state index contributed by atoms with van der Waals surface area (Å²) >= 11 is 0. The molecule has 0 saturated carbocycles. The third-order valence-electron chi connectivity index (χ3n) is 6.69. The molecule has 1 aromatic heterocycles. The van der Waals surface area contributed by atoms with Crippen LogP contribution in [0, 0.1) is 0 Å². The highest BCUT2D eigenvalue weighted by Crippen LogP contribution is 2.42. The number of pyridine rings is 1. The Balaban J connectivity index is 1.39. The number of hydrogen-bond acceptors (Lipinski definition) is 5. The van der Waals surface area contributed by atoms with Gasteiger partial charge < -0.3 is 9.64 Å². The van der Waals surface area contributed by atoms with Gasteiger partial charge in [-0.25, -0.2) is 0 Å². The Morgan fingerprint density at radius 1 is 0.966 bits per heavy atom. The van der Waals surface area contributed by atoms with E-state index in [0.29, 0.717) is 6.54 Å². The summed E-state index contributed by atoms with van der Waals surface area (Å²) in [6, 6.07) is 14.4. The average Bonchev–Trinajstić information content (AvgIpc) is 2.98. The molecule has 0 N–H and O–H groups in total. The van der Waals surface area contributed by atoms with Crippen LogP contribution in [0.5, 0.6) is 0 Å². The van der Waals surface area contributed by atoms with Gasteiger partial charge >= 0.3 is 0 Å². The zero-order chi connectivity index (χ0) is 19.7. The van der Waals surface area contributed by atoms with Crippen molar-refractivity contribution in [1.29, 1.82) is 0 Å². The number of carbonyl (C=O) groups excluding carboxylic acids is 1. The van der Waals surface area contributed by atoms with Crippen LogP contribution in [-0.4, -0.2) is 70.1 Å². The number of carbonyl (C=O) groups is 1. The van der Waals surface area contributed by atoms with Gasteiger partial charge in [0.25, 0.3) is 0 Å². The van der Waals surface area contributed by atoms with E-state index in [0.717, 1.165) is 52.2 Å². The van der Waals surface area contributed by atoms with Crippen molar-refractivity contribution in [1.82, 2.24) is 19.7 Å². The fourth-order valence-electron chi connectivity index (χ4n) is 5.23. The minimum absolute atomic E-state index is 0.0626. The van der Waals surface area contributed by atoms with Gasteiger partial charge in [0, 0.05) is 58.0 Å². The molecule has 152 valence electrons. The van der Waals surface area contributed by atoms with Gasteiger partial charge in [-0.3, -0.25) is 19.6 Å². The molecule has 3 aliphatic heterocycles. The minimum atomic E-state index is -0.196. The van der Waals surface area contributed by atoms with Crippen LogP contribution in [0.2, 0.25) is 0 Å². The van der Waals surface area contributed by atoms with Crippen LogP contribution in [0.1, 0.15) is 24.0 Å². The number of hydrogen-bond donors (Lipinski definition) is 0. The molecule has 0 bridgehead atoms. The third kappa shape index (κ3) is 3.45. The number of rotatable bonds is 4. The summed E-state index contributed by atoms with van der Waals surface area (Å²) in [7, 11) is 0. The van der Waals surface area contributed by atoms with E-state index in [1.54, 1.807) is 0 Å². The molecule has 1 atom stereocenters. The van der Waals surface area contributed by atoms with Crippen molar-refractivity contribution in [3.8, 4) is 0 Å². The van der Waals surface area contributed by atoms with Gasteiger partial charge in [0.15, 0.2) is 0 Å². The van der Waals surface area contributed by atoms with Crippen LogP contribution in [0.4, 0.5) is 0 Å². The molecular weight excluding hydrogens is 364 g/mol. The van der Waals surface area contributed by atoms with Gasteiger partial charge in [-0.15, -0.1) is 0 Å². The Bertz CT molecular complexity index is 838. The maximum Gasteiger partial charge on any atom is 0.243 e. The van der Waals surface area contributed by atoms with Crippen LogP contribution in [0.3, 0.4) is 0 Å². The molecule has 3 saturated heterocycles. The summed E-state index contributed by atoms with van der Waals surface area (Å²) < 4.78 is 5.69. The smallest absolute Gasteiger partial charge is 0.243 e. The number of ether oxygens (including phenoxy) is 1. The lowest BCUT2D eigenvalue weighted by molar-refractivity contribution is -0.137. The fourth-order valence-corrected chi connectivity index (χ4v) is 5.23. The second-order valence-corrected chi connectivity index (χ2v) is 8.30. The molecule has 1 aromatic carbocycles. The highest BCUT2D eigenvalue weighted by Gasteiger charge is 2.57. The molecule has 0 unspecified atom stereocenters. The van der Waals surface area contributed by atoms with E-state index >= 15 is 0 Å². The Hall–Kier alpha value is -2.28. The van der Waals surface area contributed by atoms with Gasteiger partial charge in [0.1, 0.15) is 11.7 Å². The van der Waals surface area contributed by atoms with E-state index in [2.05, 4.69) is 56.1 Å². The first-order valence-corrected chi connectivity index (χ1v) is 10.6. The number of nitrogens with zero attached hydrogens (tertiary/aromatic N) is 4. The standard InChI is InChI=1S/C23H28N4O2/c28-22-21-18-25(16-20-6-10-24-11-7-20)12-13-26(21)23(8-14-29-15-9-23)27(22)17-19-4-2-1-3-5-19/h1-7,10-11,21H,8-9,12-18H2/t21-/m1/s1. The van der Waals surface area contributed by atoms with Crippen LogP contribution in [0.15, 0.2) is 54.9 Å². The molecular formula is C23H28N4O2. The van der Waals surface area contributed by atoms with E-state index in [1.165, 1.54) is 11.1 Å². The molecule has 6 nitrogen and oxygen atoms in total. The van der Waals surface area contributed by atoms with Crippen LogP contribution in [0.25, 0.3) is 0 Å². The number of piperazine rings is 1. The van der Waals surface area contributed by atoms with Crippen molar-refractivity contribution in [3.05, 3.63) is 66.0 Å². The van der Waals surface area contributed by atoms with Crippen molar-refractivity contribution in [2.24, 2.45) is 0 Å². The van der Waals surface area contributed by atoms with Gasteiger partial charge in [-0.05, 0) is 23.3 Å². The van der Waals surface area contributed by atoms with Crippen molar-refractivity contribution >= 4 is 5.91 Å². The van der Waals surface area contributed by atoms with E-state index in [1.807, 2.05) is 18.5 Å². The first-order valence-electron chi connectivity index (χ1n) is 10.6. The minimum Gasteiger partial charge on any atom is -0.381 e. The second-order valence-electron chi connectivity index (χ2n) is 8.30. The summed E-state index contributed by atoms with van der Waals surface area (Å²) in [5.74, 6) is 0.273.